The minimum Gasteiger partial charge on any atom is -0.354 e. The van der Waals surface area contributed by atoms with Gasteiger partial charge >= 0.3 is 0 Å². The number of benzene rings is 2. The van der Waals surface area contributed by atoms with Gasteiger partial charge in [-0.15, -0.1) is 0 Å². The van der Waals surface area contributed by atoms with Crippen LogP contribution >= 0.6 is 0 Å². The lowest BCUT2D eigenvalue weighted by Crippen LogP contribution is -2.07. The molecule has 0 amide bonds. The molecule has 160 valence electrons. The number of nitrogens with one attached hydrogen (secondary N) is 3. The largest absolute Gasteiger partial charge is 0.354 e. The van der Waals surface area contributed by atoms with E-state index in [0.29, 0.717) is 23.5 Å². The smallest absolute Gasteiger partial charge is 0.107 e. The van der Waals surface area contributed by atoms with Crippen molar-refractivity contribution in [3.63, 3.8) is 0 Å². The van der Waals surface area contributed by atoms with E-state index in [1.807, 2.05) is 47.1 Å². The van der Waals surface area contributed by atoms with E-state index in [9.17, 15) is 0 Å². The Morgan fingerprint density at radius 3 is 2.76 bits per heavy atom. The summed E-state index contributed by atoms with van der Waals surface area (Å²) >= 11 is 0. The van der Waals surface area contributed by atoms with Gasteiger partial charge in [0.1, 0.15) is 5.69 Å². The van der Waals surface area contributed by atoms with Crippen molar-refractivity contribution in [1.29, 1.82) is 10.7 Å². The lowest BCUT2D eigenvalue weighted by atomic mass is 10.1. The van der Waals surface area contributed by atoms with Crippen molar-refractivity contribution in [1.82, 2.24) is 25.0 Å². The van der Waals surface area contributed by atoms with Crippen LogP contribution in [0.2, 0.25) is 0 Å². The normalized spacial score (nSPS) is 10.8. The van der Waals surface area contributed by atoms with Crippen LogP contribution in [0.25, 0.3) is 22.2 Å². The van der Waals surface area contributed by atoms with Gasteiger partial charge in [0.15, 0.2) is 0 Å². The molecule has 3 aromatic heterocycles. The maximum Gasteiger partial charge on any atom is 0.107 e. The van der Waals surface area contributed by atoms with Gasteiger partial charge in [0.25, 0.3) is 0 Å². The molecular formula is C25H20N8. The second-order valence-corrected chi connectivity index (χ2v) is 7.73. The fraction of sp³-hybridized carbons (Fsp3) is 0.0800. The van der Waals surface area contributed by atoms with Crippen molar-refractivity contribution in [2.24, 2.45) is 0 Å². The molecule has 3 heterocycles. The predicted octanol–water partition coefficient (Wildman–Crippen LogP) is 4.87. The van der Waals surface area contributed by atoms with Crippen molar-refractivity contribution >= 4 is 28.0 Å². The number of anilines is 2. The number of rotatable bonds is 6. The lowest BCUT2D eigenvalue weighted by molar-refractivity contribution is 0.694. The highest BCUT2D eigenvalue weighted by molar-refractivity contribution is 6.01. The van der Waals surface area contributed by atoms with Crippen LogP contribution in [0.5, 0.6) is 0 Å². The Hall–Kier alpha value is -4.77. The van der Waals surface area contributed by atoms with Gasteiger partial charge in [-0.25, -0.2) is 0 Å². The second kappa shape index (κ2) is 8.40. The molecule has 0 aliphatic carbocycles. The minimum absolute atomic E-state index is 0.373. The predicted molar refractivity (Wildman–Crippen MR) is 128 cm³/mol. The molecule has 0 aliphatic rings. The molecule has 0 aliphatic heterocycles. The van der Waals surface area contributed by atoms with Crippen molar-refractivity contribution in [3.05, 3.63) is 90.0 Å². The van der Waals surface area contributed by atoms with Crippen LogP contribution in [0, 0.1) is 16.7 Å². The first-order valence-electron chi connectivity index (χ1n) is 10.4. The molecule has 0 radical (unpaired) electrons. The van der Waals surface area contributed by atoms with Gasteiger partial charge in [0.2, 0.25) is 0 Å². The molecule has 0 bridgehead atoms. The number of aromatic nitrogens is 5. The van der Waals surface area contributed by atoms with E-state index in [1.54, 1.807) is 37.6 Å². The molecule has 33 heavy (non-hydrogen) atoms. The molecule has 3 N–H and O–H groups in total. The number of H-pyrrole nitrogens is 1. The highest BCUT2D eigenvalue weighted by Crippen LogP contribution is 2.28. The number of aromatic amines is 1. The molecule has 8 heteroatoms. The molecule has 0 atom stereocenters. The highest BCUT2D eigenvalue weighted by atomic mass is 15.3. The summed E-state index contributed by atoms with van der Waals surface area (Å²) in [5.74, 6) is 0. The number of fused-ring (bicyclic) bond motifs is 1. The number of pyridine rings is 1. The average Bonchev–Trinajstić information content (AvgIpc) is 3.48. The number of nitrogens with zero attached hydrogens (tertiary/aromatic N) is 5. The Bertz CT molecular complexity index is 1500. The number of hydrogen-bond acceptors (Lipinski definition) is 6. The zero-order valence-corrected chi connectivity index (χ0v) is 17.9. The van der Waals surface area contributed by atoms with Gasteiger partial charge in [-0.3, -0.25) is 14.8 Å². The van der Waals surface area contributed by atoms with Crippen LogP contribution in [0.4, 0.5) is 11.4 Å². The Kier molecular flexibility index (Phi) is 5.13. The standard InChI is InChI=1S/C25H20N8/c1-16(27)25-23(31-21-7-6-19-14-29-32-22(19)11-21)10-20(13-28-25)24-8-9-30-33(24)15-18-4-2-17(12-26)3-5-18/h2-11,13-14,27,31H,15H2,1H3,(H,29,32). The first kappa shape index (κ1) is 20.2. The first-order chi connectivity index (χ1) is 16.1. The summed E-state index contributed by atoms with van der Waals surface area (Å²) < 4.78 is 1.90. The van der Waals surface area contributed by atoms with E-state index in [4.69, 9.17) is 10.7 Å². The van der Waals surface area contributed by atoms with Crippen LogP contribution in [0.1, 0.15) is 23.7 Å². The van der Waals surface area contributed by atoms with E-state index in [0.717, 1.165) is 39.1 Å². The zero-order chi connectivity index (χ0) is 22.8. The topological polar surface area (TPSA) is 119 Å². The van der Waals surface area contributed by atoms with Crippen LogP contribution in [0.15, 0.2) is 73.2 Å². The van der Waals surface area contributed by atoms with Gasteiger partial charge in [0, 0.05) is 29.0 Å². The monoisotopic (exact) mass is 432 g/mol. The molecule has 5 aromatic rings. The molecular weight excluding hydrogens is 412 g/mol. The Morgan fingerprint density at radius 1 is 1.12 bits per heavy atom. The quantitative estimate of drug-likeness (QED) is 0.331. The maximum atomic E-state index is 9.01. The molecule has 8 nitrogen and oxygen atoms in total. The summed E-state index contributed by atoms with van der Waals surface area (Å²) in [5.41, 5.74) is 6.97. The molecule has 2 aromatic carbocycles. The van der Waals surface area contributed by atoms with Crippen molar-refractivity contribution < 1.29 is 0 Å². The van der Waals surface area contributed by atoms with Crippen LogP contribution in [-0.2, 0) is 6.54 Å². The minimum atomic E-state index is 0.373. The number of hydrogen-bond donors (Lipinski definition) is 3. The summed E-state index contributed by atoms with van der Waals surface area (Å²) in [4.78, 5) is 4.57. The first-order valence-corrected chi connectivity index (χ1v) is 10.4. The third kappa shape index (κ3) is 4.07. The highest BCUT2D eigenvalue weighted by Gasteiger charge is 2.13. The van der Waals surface area contributed by atoms with Crippen molar-refractivity contribution in [2.45, 2.75) is 13.5 Å². The fourth-order valence-corrected chi connectivity index (χ4v) is 3.73. The Balaban J connectivity index is 1.48. The van der Waals surface area contributed by atoms with E-state index < -0.39 is 0 Å². The summed E-state index contributed by atoms with van der Waals surface area (Å²) in [6, 6.07) is 19.5. The van der Waals surface area contributed by atoms with Crippen molar-refractivity contribution in [3.8, 4) is 17.3 Å². The third-order valence-electron chi connectivity index (χ3n) is 5.39. The molecule has 5 rings (SSSR count). The van der Waals surface area contributed by atoms with E-state index in [1.165, 1.54) is 0 Å². The SMILES string of the molecule is CC(=N)c1ncc(-c2ccnn2Cc2ccc(C#N)cc2)cc1Nc1ccc2cn[nH]c2c1. The molecule has 0 unspecified atom stereocenters. The van der Waals surface area contributed by atoms with Crippen LogP contribution in [-0.4, -0.2) is 30.7 Å². The zero-order valence-electron chi connectivity index (χ0n) is 17.9. The van der Waals surface area contributed by atoms with Gasteiger partial charge in [-0.2, -0.15) is 15.5 Å². The van der Waals surface area contributed by atoms with Crippen LogP contribution < -0.4 is 5.32 Å². The summed E-state index contributed by atoms with van der Waals surface area (Å²) in [6.07, 6.45) is 5.31. The summed E-state index contributed by atoms with van der Waals surface area (Å²) in [6.45, 7) is 2.29. The Morgan fingerprint density at radius 2 is 1.97 bits per heavy atom. The van der Waals surface area contributed by atoms with Gasteiger partial charge in [-0.05, 0) is 55.0 Å². The van der Waals surface area contributed by atoms with Gasteiger partial charge in [0.05, 0.1) is 47.0 Å². The molecule has 0 fully saturated rings. The second-order valence-electron chi connectivity index (χ2n) is 7.73. The maximum absolute atomic E-state index is 9.01. The van der Waals surface area contributed by atoms with Crippen LogP contribution in [0.3, 0.4) is 0 Å². The van der Waals surface area contributed by atoms with Crippen molar-refractivity contribution in [2.75, 3.05) is 5.32 Å². The Labute approximate surface area is 190 Å². The molecule has 0 saturated heterocycles. The van der Waals surface area contributed by atoms with Gasteiger partial charge in [-0.1, -0.05) is 12.1 Å². The lowest BCUT2D eigenvalue weighted by Gasteiger charge is -2.14. The number of nitriles is 1. The van der Waals surface area contributed by atoms with Gasteiger partial charge < -0.3 is 10.7 Å². The summed E-state index contributed by atoms with van der Waals surface area (Å²) in [5, 5.41) is 33.1. The summed E-state index contributed by atoms with van der Waals surface area (Å²) in [7, 11) is 0. The van der Waals surface area contributed by atoms with E-state index in [-0.39, 0.29) is 0 Å². The van der Waals surface area contributed by atoms with E-state index in [2.05, 4.69) is 31.7 Å². The average molecular weight is 432 g/mol. The molecule has 0 saturated carbocycles. The molecule has 0 spiro atoms. The van der Waals surface area contributed by atoms with E-state index >= 15 is 0 Å². The third-order valence-corrected chi connectivity index (χ3v) is 5.39. The fourth-order valence-electron chi connectivity index (χ4n) is 3.73.